The highest BCUT2D eigenvalue weighted by molar-refractivity contribution is 5.63. The van der Waals surface area contributed by atoms with E-state index < -0.39 is 0 Å². The number of aromatic nitrogens is 2. The first kappa shape index (κ1) is 12.7. The van der Waals surface area contributed by atoms with Gasteiger partial charge in [0.15, 0.2) is 17.3 Å². The van der Waals surface area contributed by atoms with Crippen molar-refractivity contribution in [2.24, 2.45) is 0 Å². The topological polar surface area (TPSA) is 90.5 Å². The van der Waals surface area contributed by atoms with Crippen molar-refractivity contribution < 1.29 is 14.6 Å². The third-order valence-electron chi connectivity index (χ3n) is 3.29. The fourth-order valence-corrected chi connectivity index (χ4v) is 2.20. The van der Waals surface area contributed by atoms with Crippen LogP contribution in [0.4, 0.5) is 5.82 Å². The number of phenols is 1. The molecule has 104 valence electrons. The molecule has 1 aliphatic rings. The minimum absolute atomic E-state index is 0.0792. The van der Waals surface area contributed by atoms with Crippen LogP contribution in [0.3, 0.4) is 0 Å². The molecular weight excluding hydrogens is 258 g/mol. The lowest BCUT2D eigenvalue weighted by atomic mass is 10.1. The zero-order valence-electron chi connectivity index (χ0n) is 11.1. The van der Waals surface area contributed by atoms with Gasteiger partial charge in [0, 0.05) is 17.5 Å². The van der Waals surface area contributed by atoms with Gasteiger partial charge >= 0.3 is 0 Å². The van der Waals surface area contributed by atoms with Crippen molar-refractivity contribution >= 4 is 5.82 Å². The largest absolute Gasteiger partial charge is 0.504 e. The highest BCUT2D eigenvalue weighted by Gasteiger charge is 2.17. The summed E-state index contributed by atoms with van der Waals surface area (Å²) in [7, 11) is 1.50. The fourth-order valence-electron chi connectivity index (χ4n) is 2.20. The van der Waals surface area contributed by atoms with Crippen molar-refractivity contribution in [2.75, 3.05) is 19.5 Å². The molecule has 0 unspecified atom stereocenters. The predicted molar refractivity (Wildman–Crippen MR) is 73.5 cm³/mol. The molecule has 1 aromatic carbocycles. The van der Waals surface area contributed by atoms with E-state index in [0.29, 0.717) is 30.6 Å². The highest BCUT2D eigenvalue weighted by atomic mass is 16.5. The Balaban J connectivity index is 2.08. The van der Waals surface area contributed by atoms with Crippen LogP contribution in [-0.2, 0) is 17.8 Å². The molecule has 2 aromatic rings. The summed E-state index contributed by atoms with van der Waals surface area (Å²) in [6, 6.07) is 4.98. The van der Waals surface area contributed by atoms with Gasteiger partial charge in [-0.25, -0.2) is 9.97 Å². The molecule has 0 aliphatic carbocycles. The Labute approximate surface area is 116 Å². The number of nitrogens with zero attached hydrogens (tertiary/aromatic N) is 2. The number of phenolic OH excluding ortho intramolecular Hbond substituents is 1. The van der Waals surface area contributed by atoms with Crippen LogP contribution in [0.5, 0.6) is 11.5 Å². The third kappa shape index (κ3) is 2.14. The van der Waals surface area contributed by atoms with Crippen molar-refractivity contribution in [1.82, 2.24) is 9.97 Å². The van der Waals surface area contributed by atoms with E-state index in [1.54, 1.807) is 18.2 Å². The first-order chi connectivity index (χ1) is 9.69. The van der Waals surface area contributed by atoms with Gasteiger partial charge in [0.05, 0.1) is 26.0 Å². The van der Waals surface area contributed by atoms with Crippen LogP contribution >= 0.6 is 0 Å². The van der Waals surface area contributed by atoms with Crippen LogP contribution in [0.25, 0.3) is 11.4 Å². The summed E-state index contributed by atoms with van der Waals surface area (Å²) in [5.41, 5.74) is 8.51. The maximum absolute atomic E-state index is 9.62. The molecule has 0 fully saturated rings. The second kappa shape index (κ2) is 4.97. The summed E-state index contributed by atoms with van der Waals surface area (Å²) in [5, 5.41) is 9.62. The van der Waals surface area contributed by atoms with Crippen molar-refractivity contribution in [1.29, 1.82) is 0 Å². The Bertz CT molecular complexity index is 658. The zero-order valence-corrected chi connectivity index (χ0v) is 11.1. The summed E-state index contributed by atoms with van der Waals surface area (Å²) >= 11 is 0. The number of nitrogens with two attached hydrogens (primary N) is 1. The molecule has 0 amide bonds. The van der Waals surface area contributed by atoms with E-state index >= 15 is 0 Å². The summed E-state index contributed by atoms with van der Waals surface area (Å²) in [6.07, 6.45) is 0.726. The Morgan fingerprint density at radius 1 is 1.35 bits per heavy atom. The second-order valence-electron chi connectivity index (χ2n) is 4.55. The van der Waals surface area contributed by atoms with Crippen LogP contribution in [0.2, 0.25) is 0 Å². The first-order valence-electron chi connectivity index (χ1n) is 6.29. The van der Waals surface area contributed by atoms with Crippen LogP contribution in [0, 0.1) is 0 Å². The van der Waals surface area contributed by atoms with Crippen LogP contribution < -0.4 is 10.5 Å². The molecule has 0 atom stereocenters. The van der Waals surface area contributed by atoms with Crippen molar-refractivity contribution in [3.8, 4) is 22.9 Å². The van der Waals surface area contributed by atoms with Crippen LogP contribution in [0.15, 0.2) is 18.2 Å². The number of hydrogen-bond donors (Lipinski definition) is 2. The molecule has 2 heterocycles. The predicted octanol–water partition coefficient (Wildman–Crippen LogP) is 1.51. The Hall–Kier alpha value is -2.34. The Morgan fingerprint density at radius 2 is 2.20 bits per heavy atom. The molecule has 0 saturated carbocycles. The van der Waals surface area contributed by atoms with Crippen LogP contribution in [0.1, 0.15) is 11.3 Å². The van der Waals surface area contributed by atoms with Gasteiger partial charge in [-0.05, 0) is 18.2 Å². The van der Waals surface area contributed by atoms with E-state index in [-0.39, 0.29) is 5.75 Å². The van der Waals surface area contributed by atoms with Gasteiger partial charge < -0.3 is 20.3 Å². The van der Waals surface area contributed by atoms with Gasteiger partial charge in [0.25, 0.3) is 0 Å². The smallest absolute Gasteiger partial charge is 0.161 e. The van der Waals surface area contributed by atoms with Crippen molar-refractivity contribution in [2.45, 2.75) is 13.0 Å². The maximum atomic E-state index is 9.62. The van der Waals surface area contributed by atoms with E-state index in [1.807, 2.05) is 0 Å². The third-order valence-corrected chi connectivity index (χ3v) is 3.29. The van der Waals surface area contributed by atoms with Gasteiger partial charge in [-0.15, -0.1) is 0 Å². The van der Waals surface area contributed by atoms with Gasteiger partial charge in [-0.3, -0.25) is 0 Å². The van der Waals surface area contributed by atoms with Gasteiger partial charge in [-0.1, -0.05) is 0 Å². The van der Waals surface area contributed by atoms with Crippen LogP contribution in [-0.4, -0.2) is 28.8 Å². The number of rotatable bonds is 2. The highest BCUT2D eigenvalue weighted by Crippen LogP contribution is 2.31. The normalized spacial score (nSPS) is 13.8. The summed E-state index contributed by atoms with van der Waals surface area (Å²) < 4.78 is 10.5. The molecule has 1 aliphatic heterocycles. The van der Waals surface area contributed by atoms with E-state index in [1.165, 1.54) is 7.11 Å². The lowest BCUT2D eigenvalue weighted by molar-refractivity contribution is 0.109. The zero-order chi connectivity index (χ0) is 14.1. The summed E-state index contributed by atoms with van der Waals surface area (Å²) in [5.74, 6) is 1.43. The molecule has 6 heteroatoms. The number of fused-ring (bicyclic) bond motifs is 1. The van der Waals surface area contributed by atoms with E-state index in [9.17, 15) is 5.11 Å². The molecular formula is C14H15N3O3. The minimum Gasteiger partial charge on any atom is -0.504 e. The molecule has 1 aromatic heterocycles. The molecule has 0 spiro atoms. The SMILES string of the molecule is COc1cc(-c2nc(N)c3c(n2)CCOC3)ccc1O. The number of benzene rings is 1. The monoisotopic (exact) mass is 273 g/mol. The first-order valence-corrected chi connectivity index (χ1v) is 6.29. The molecule has 20 heavy (non-hydrogen) atoms. The number of aromatic hydroxyl groups is 1. The number of ether oxygens (including phenoxy) is 2. The summed E-state index contributed by atoms with van der Waals surface area (Å²) in [6.45, 7) is 1.10. The minimum atomic E-state index is 0.0792. The van der Waals surface area contributed by atoms with E-state index in [0.717, 1.165) is 23.2 Å². The average Bonchev–Trinajstić information content (AvgIpc) is 2.47. The maximum Gasteiger partial charge on any atom is 0.161 e. The number of nitrogen functional groups attached to an aromatic ring is 1. The number of methoxy groups -OCH3 is 1. The number of hydrogen-bond acceptors (Lipinski definition) is 6. The average molecular weight is 273 g/mol. The fraction of sp³-hybridized carbons (Fsp3) is 0.286. The molecule has 0 saturated heterocycles. The molecule has 6 nitrogen and oxygen atoms in total. The van der Waals surface area contributed by atoms with E-state index in [4.69, 9.17) is 15.2 Å². The molecule has 0 bridgehead atoms. The van der Waals surface area contributed by atoms with Gasteiger partial charge in [0.1, 0.15) is 5.82 Å². The van der Waals surface area contributed by atoms with Crippen molar-refractivity contribution in [3.63, 3.8) is 0 Å². The van der Waals surface area contributed by atoms with Gasteiger partial charge in [0.2, 0.25) is 0 Å². The summed E-state index contributed by atoms with van der Waals surface area (Å²) in [4.78, 5) is 8.85. The van der Waals surface area contributed by atoms with E-state index in [2.05, 4.69) is 9.97 Å². The molecule has 3 N–H and O–H groups in total. The van der Waals surface area contributed by atoms with Crippen molar-refractivity contribution in [3.05, 3.63) is 29.5 Å². The molecule has 3 rings (SSSR count). The lowest BCUT2D eigenvalue weighted by Crippen LogP contribution is -2.16. The standard InChI is InChI=1S/C14H15N3O3/c1-19-12-6-8(2-3-11(12)18)14-16-10-4-5-20-7-9(10)13(15)17-14/h2-3,6,18H,4-5,7H2,1H3,(H2,15,16,17). The quantitative estimate of drug-likeness (QED) is 0.862. The Morgan fingerprint density at radius 3 is 3.00 bits per heavy atom. The molecule has 0 radical (unpaired) electrons. The Kier molecular flexibility index (Phi) is 3.15. The lowest BCUT2D eigenvalue weighted by Gasteiger charge is -2.17. The second-order valence-corrected chi connectivity index (χ2v) is 4.55. The number of anilines is 1. The van der Waals surface area contributed by atoms with Gasteiger partial charge in [-0.2, -0.15) is 0 Å².